The summed E-state index contributed by atoms with van der Waals surface area (Å²) in [4.78, 5) is 14.9. The highest BCUT2D eigenvalue weighted by Crippen LogP contribution is 2.36. The lowest BCUT2D eigenvalue weighted by atomic mass is 9.88. The van der Waals surface area contributed by atoms with E-state index < -0.39 is 17.6 Å². The molecule has 24 heavy (non-hydrogen) atoms. The van der Waals surface area contributed by atoms with Gasteiger partial charge in [-0.1, -0.05) is 10.8 Å². The number of carboxylic acid groups (broad SMARTS) is 1. The normalized spacial score (nSPS) is 16.8. The van der Waals surface area contributed by atoms with Crippen LogP contribution in [0.5, 0.6) is 0 Å². The number of rotatable bonds is 6. The minimum absolute atomic E-state index is 0.111. The van der Waals surface area contributed by atoms with E-state index in [-0.39, 0.29) is 12.5 Å². The van der Waals surface area contributed by atoms with Crippen molar-refractivity contribution < 1.29 is 18.7 Å². The summed E-state index contributed by atoms with van der Waals surface area (Å²) in [7, 11) is 2.90. The zero-order valence-electron chi connectivity index (χ0n) is 12.7. The Kier molecular flexibility index (Phi) is 5.45. The maximum absolute atomic E-state index is 13.5. The number of halogens is 2. The van der Waals surface area contributed by atoms with Crippen molar-refractivity contribution >= 4 is 27.6 Å². The second kappa shape index (κ2) is 7.57. The number of nitrogens with zero attached hydrogens (tertiary/aromatic N) is 2. The minimum atomic E-state index is -0.815. The maximum Gasteiger partial charge on any atom is 0.304 e. The molecule has 0 bridgehead atoms. The third kappa shape index (κ3) is 3.92. The third-order valence-electron chi connectivity index (χ3n) is 4.00. The summed E-state index contributed by atoms with van der Waals surface area (Å²) in [5.74, 6) is -1.91. The molecule has 0 spiro atoms. The zero-order valence-corrected chi connectivity index (χ0v) is 14.4. The molecule has 3 rings (SSSR count). The smallest absolute Gasteiger partial charge is 0.304 e. The van der Waals surface area contributed by atoms with E-state index in [4.69, 9.17) is 5.11 Å². The number of hydrogen-bond donors (Lipinski definition) is 1. The second-order valence-corrected chi connectivity index (χ2v) is 7.98. The summed E-state index contributed by atoms with van der Waals surface area (Å²) in [6, 6.07) is 2.74. The lowest BCUT2D eigenvalue weighted by molar-refractivity contribution is -0.136. The zero-order chi connectivity index (χ0) is 17.1. The minimum Gasteiger partial charge on any atom is -0.481 e. The van der Waals surface area contributed by atoms with Crippen molar-refractivity contribution in [2.24, 2.45) is 0 Å². The van der Waals surface area contributed by atoms with Gasteiger partial charge in [0.25, 0.3) is 0 Å². The lowest BCUT2D eigenvalue weighted by Gasteiger charge is -2.27. The number of hydrogen-bond acceptors (Lipinski definition) is 4. The molecule has 0 fully saturated rings. The SMILES string of the molecule is O=C(O)CCSSc1nccn1C1CCc2cc(F)c(F)cc2C1. The van der Waals surface area contributed by atoms with Gasteiger partial charge in [0.1, 0.15) is 0 Å². The van der Waals surface area contributed by atoms with Crippen LogP contribution in [0.15, 0.2) is 29.7 Å². The van der Waals surface area contributed by atoms with E-state index in [1.807, 2.05) is 10.8 Å². The number of fused-ring (bicyclic) bond motifs is 1. The van der Waals surface area contributed by atoms with Crippen LogP contribution in [0.25, 0.3) is 0 Å². The molecule has 1 heterocycles. The molecule has 0 radical (unpaired) electrons. The molecule has 128 valence electrons. The number of imidazole rings is 1. The molecular formula is C16H16F2N2O2S2. The summed E-state index contributed by atoms with van der Waals surface area (Å²) in [5, 5.41) is 9.47. The fraction of sp³-hybridized carbons (Fsp3) is 0.375. The van der Waals surface area contributed by atoms with E-state index in [1.54, 1.807) is 6.20 Å². The molecule has 1 unspecified atom stereocenters. The predicted octanol–water partition coefficient (Wildman–Crippen LogP) is 4.11. The quantitative estimate of drug-likeness (QED) is 0.613. The van der Waals surface area contributed by atoms with Gasteiger partial charge in [0, 0.05) is 24.2 Å². The molecule has 1 aromatic heterocycles. The van der Waals surface area contributed by atoms with Crippen molar-refractivity contribution in [3.8, 4) is 0 Å². The van der Waals surface area contributed by atoms with Gasteiger partial charge >= 0.3 is 5.97 Å². The van der Waals surface area contributed by atoms with Crippen LogP contribution in [0.2, 0.25) is 0 Å². The molecule has 4 nitrogen and oxygen atoms in total. The highest BCUT2D eigenvalue weighted by Gasteiger charge is 2.23. The fourth-order valence-corrected chi connectivity index (χ4v) is 4.88. The highest BCUT2D eigenvalue weighted by atomic mass is 33.1. The largest absolute Gasteiger partial charge is 0.481 e. The van der Waals surface area contributed by atoms with Crippen LogP contribution in [0, 0.1) is 11.6 Å². The van der Waals surface area contributed by atoms with Crippen LogP contribution in [-0.2, 0) is 17.6 Å². The van der Waals surface area contributed by atoms with Crippen molar-refractivity contribution in [1.82, 2.24) is 9.55 Å². The Hall–Kier alpha value is -1.54. The van der Waals surface area contributed by atoms with E-state index in [0.29, 0.717) is 18.6 Å². The molecular weight excluding hydrogens is 354 g/mol. The molecule has 0 saturated carbocycles. The first-order valence-electron chi connectivity index (χ1n) is 7.55. The van der Waals surface area contributed by atoms with Gasteiger partial charge in [0.2, 0.25) is 0 Å². The fourth-order valence-electron chi connectivity index (χ4n) is 2.83. The third-order valence-corrected chi connectivity index (χ3v) is 6.26. The number of aromatic nitrogens is 2. The average Bonchev–Trinajstić information content (AvgIpc) is 3.00. The molecule has 0 amide bonds. The first-order chi connectivity index (χ1) is 11.5. The average molecular weight is 370 g/mol. The maximum atomic E-state index is 13.5. The van der Waals surface area contributed by atoms with Crippen LogP contribution >= 0.6 is 21.6 Å². The van der Waals surface area contributed by atoms with E-state index in [9.17, 15) is 13.6 Å². The Morgan fingerprint density at radius 3 is 2.83 bits per heavy atom. The number of carbonyl (C=O) groups is 1. The lowest BCUT2D eigenvalue weighted by Crippen LogP contribution is -2.19. The number of aryl methyl sites for hydroxylation is 1. The van der Waals surface area contributed by atoms with Gasteiger partial charge in [-0.2, -0.15) is 0 Å². The summed E-state index contributed by atoms with van der Waals surface area (Å²) in [5.41, 5.74) is 1.71. The van der Waals surface area contributed by atoms with Crippen LogP contribution in [0.4, 0.5) is 8.78 Å². The van der Waals surface area contributed by atoms with Crippen molar-refractivity contribution in [2.45, 2.75) is 36.9 Å². The van der Waals surface area contributed by atoms with Gasteiger partial charge in [0.15, 0.2) is 16.8 Å². The van der Waals surface area contributed by atoms with Crippen LogP contribution in [0.3, 0.4) is 0 Å². The summed E-state index contributed by atoms with van der Waals surface area (Å²) < 4.78 is 28.9. The molecule has 2 aromatic rings. The molecule has 0 aliphatic heterocycles. The van der Waals surface area contributed by atoms with E-state index >= 15 is 0 Å². The van der Waals surface area contributed by atoms with Gasteiger partial charge in [-0.15, -0.1) is 0 Å². The van der Waals surface area contributed by atoms with Gasteiger partial charge < -0.3 is 9.67 Å². The monoisotopic (exact) mass is 370 g/mol. The van der Waals surface area contributed by atoms with Crippen LogP contribution in [-0.4, -0.2) is 26.4 Å². The van der Waals surface area contributed by atoms with E-state index in [0.717, 1.165) is 22.7 Å². The van der Waals surface area contributed by atoms with E-state index in [1.165, 1.54) is 33.7 Å². The van der Waals surface area contributed by atoms with Crippen molar-refractivity contribution in [2.75, 3.05) is 5.75 Å². The van der Waals surface area contributed by atoms with Gasteiger partial charge in [-0.3, -0.25) is 4.79 Å². The molecule has 1 aliphatic carbocycles. The first kappa shape index (κ1) is 17.3. The Bertz CT molecular complexity index is 752. The van der Waals surface area contributed by atoms with Crippen LogP contribution in [0.1, 0.15) is 30.0 Å². The Morgan fingerprint density at radius 2 is 2.08 bits per heavy atom. The molecule has 8 heteroatoms. The topological polar surface area (TPSA) is 55.1 Å². The first-order valence-corrected chi connectivity index (χ1v) is 9.87. The summed E-state index contributed by atoms with van der Waals surface area (Å²) in [6.45, 7) is 0. The van der Waals surface area contributed by atoms with Crippen molar-refractivity contribution in [3.63, 3.8) is 0 Å². The predicted molar refractivity (Wildman–Crippen MR) is 90.2 cm³/mol. The molecule has 1 aromatic carbocycles. The van der Waals surface area contributed by atoms with Crippen molar-refractivity contribution in [1.29, 1.82) is 0 Å². The molecule has 1 N–H and O–H groups in total. The van der Waals surface area contributed by atoms with Crippen LogP contribution < -0.4 is 0 Å². The van der Waals surface area contributed by atoms with Gasteiger partial charge in [-0.05, 0) is 53.3 Å². The Morgan fingerprint density at radius 1 is 1.33 bits per heavy atom. The second-order valence-electron chi connectivity index (χ2n) is 5.60. The van der Waals surface area contributed by atoms with E-state index in [2.05, 4.69) is 4.98 Å². The number of carboxylic acids is 1. The van der Waals surface area contributed by atoms with Gasteiger partial charge in [0.05, 0.1) is 6.42 Å². The van der Waals surface area contributed by atoms with Crippen molar-refractivity contribution in [3.05, 3.63) is 47.3 Å². The number of aliphatic carboxylic acids is 1. The Labute approximate surface area is 146 Å². The molecule has 0 saturated heterocycles. The summed E-state index contributed by atoms with van der Waals surface area (Å²) in [6.07, 6.45) is 5.88. The summed E-state index contributed by atoms with van der Waals surface area (Å²) >= 11 is 0. The molecule has 1 atom stereocenters. The highest BCUT2D eigenvalue weighted by molar-refractivity contribution is 8.76. The standard InChI is InChI=1S/C16H16F2N2O2S2/c17-13-8-10-1-2-12(7-11(10)9-14(13)18)20-5-4-19-16(20)24-23-6-3-15(21)22/h4-5,8-9,12H,1-3,6-7H2,(H,21,22). The Balaban J connectivity index is 1.68. The molecule has 1 aliphatic rings. The van der Waals surface area contributed by atoms with Gasteiger partial charge in [-0.25, -0.2) is 13.8 Å². The number of benzene rings is 1.